The van der Waals surface area contributed by atoms with E-state index in [-0.39, 0.29) is 72.1 Å². The van der Waals surface area contributed by atoms with Gasteiger partial charge >= 0.3 is 0 Å². The van der Waals surface area contributed by atoms with Crippen molar-refractivity contribution in [1.82, 2.24) is 10.6 Å². The third-order valence-corrected chi connectivity index (χ3v) is 7.87. The molecule has 0 fully saturated rings. The molecule has 3 rings (SSSR count). The number of amides is 2. The van der Waals surface area contributed by atoms with Gasteiger partial charge in [0.1, 0.15) is 11.5 Å². The van der Waals surface area contributed by atoms with Crippen LogP contribution in [0.1, 0.15) is 72.4 Å². The zero-order valence-electron chi connectivity index (χ0n) is 24.5. The summed E-state index contributed by atoms with van der Waals surface area (Å²) in [6.45, 7) is 8.56. The lowest BCUT2D eigenvalue weighted by Gasteiger charge is -2.25. The fraction of sp³-hybridized carbons (Fsp3) is 0.467. The minimum absolute atomic E-state index is 0.0165. The van der Waals surface area contributed by atoms with Gasteiger partial charge in [0.15, 0.2) is 0 Å². The van der Waals surface area contributed by atoms with Crippen LogP contribution in [-0.2, 0) is 9.59 Å². The minimum Gasteiger partial charge on any atom is -0.507 e. The normalized spacial score (nSPS) is 15.1. The molecule has 0 radical (unpaired) electrons. The minimum atomic E-state index is -0.644. The number of nitrogens with two attached hydrogens (primary N) is 2. The number of anilines is 2. The summed E-state index contributed by atoms with van der Waals surface area (Å²) >= 11 is 0. The van der Waals surface area contributed by atoms with Gasteiger partial charge in [-0.05, 0) is 36.1 Å². The number of nitrogens with one attached hydrogen (secondary N) is 4. The molecule has 0 heterocycles. The van der Waals surface area contributed by atoms with Crippen molar-refractivity contribution in [3.8, 4) is 11.5 Å². The number of ketones is 2. The highest BCUT2D eigenvalue weighted by molar-refractivity contribution is 6.33. The van der Waals surface area contributed by atoms with E-state index in [1.165, 1.54) is 0 Å². The second-order valence-electron chi connectivity index (χ2n) is 10.7. The topological polar surface area (TPSA) is 209 Å². The van der Waals surface area contributed by atoms with Gasteiger partial charge < -0.3 is 42.9 Å². The van der Waals surface area contributed by atoms with Crippen LogP contribution < -0.4 is 32.7 Å². The first kappa shape index (κ1) is 32.4. The van der Waals surface area contributed by atoms with E-state index in [9.17, 15) is 29.4 Å². The fourth-order valence-corrected chi connectivity index (χ4v) is 4.69. The van der Waals surface area contributed by atoms with E-state index in [1.807, 2.05) is 27.7 Å². The monoisotopic (exact) mass is 582 g/mol. The average molecular weight is 583 g/mol. The van der Waals surface area contributed by atoms with Gasteiger partial charge in [-0.3, -0.25) is 19.2 Å². The summed E-state index contributed by atoms with van der Waals surface area (Å²) < 4.78 is 0. The molecule has 0 bridgehead atoms. The van der Waals surface area contributed by atoms with E-state index < -0.39 is 35.1 Å². The van der Waals surface area contributed by atoms with Crippen LogP contribution in [0.15, 0.2) is 24.3 Å². The zero-order valence-corrected chi connectivity index (χ0v) is 24.5. The molecular formula is C30H42N6O6. The third-order valence-electron chi connectivity index (χ3n) is 7.87. The summed E-state index contributed by atoms with van der Waals surface area (Å²) in [4.78, 5) is 52.0. The molecule has 12 heteroatoms. The first-order valence-electron chi connectivity index (χ1n) is 14.3. The highest BCUT2D eigenvalue weighted by Crippen LogP contribution is 2.42. The Bertz CT molecular complexity index is 1250. The predicted molar refractivity (Wildman–Crippen MR) is 161 cm³/mol. The van der Waals surface area contributed by atoms with Crippen LogP contribution in [0, 0.1) is 11.8 Å². The van der Waals surface area contributed by atoms with Crippen molar-refractivity contribution in [3.63, 3.8) is 0 Å². The Labute approximate surface area is 245 Å². The summed E-state index contributed by atoms with van der Waals surface area (Å²) in [5, 5.41) is 32.6. The Kier molecular flexibility index (Phi) is 10.9. The smallest absolute Gasteiger partial charge is 0.237 e. The Balaban J connectivity index is 1.83. The largest absolute Gasteiger partial charge is 0.507 e. The van der Waals surface area contributed by atoms with Crippen molar-refractivity contribution in [1.29, 1.82) is 0 Å². The maximum Gasteiger partial charge on any atom is 0.237 e. The van der Waals surface area contributed by atoms with E-state index >= 15 is 0 Å². The highest BCUT2D eigenvalue weighted by Gasteiger charge is 2.38. The van der Waals surface area contributed by atoms with E-state index in [0.717, 1.165) is 25.0 Å². The molecule has 0 spiro atoms. The standard InChI is InChI=1S/C30H42N6O6/c1-5-15(3)25(31)29(41)35-13-11-33-17-7-8-18(34-12-14-36-30(42)26(32)16(4)6-2)22-21(17)27(39)23-19(37)9-10-20(38)24(23)28(22)40/h7-10,15-16,25-26,33-34,37-38H,5-6,11-14,31-32H2,1-4H3,(H,35,41)(H,36,42)/t15-,16+,25-,26-/m1/s1. The summed E-state index contributed by atoms with van der Waals surface area (Å²) in [5.41, 5.74) is 12.1. The van der Waals surface area contributed by atoms with Gasteiger partial charge in [-0.25, -0.2) is 0 Å². The highest BCUT2D eigenvalue weighted by atomic mass is 16.3. The van der Waals surface area contributed by atoms with Crippen molar-refractivity contribution >= 4 is 34.8 Å². The van der Waals surface area contributed by atoms with Gasteiger partial charge in [0.05, 0.1) is 34.3 Å². The number of carbonyl (C=O) groups excluding carboxylic acids is 4. The Morgan fingerprint density at radius 1 is 0.667 bits per heavy atom. The number of phenols is 2. The van der Waals surface area contributed by atoms with Crippen LogP contribution in [-0.4, -0.2) is 71.9 Å². The summed E-state index contributed by atoms with van der Waals surface area (Å²) in [6.07, 6.45) is 1.52. The van der Waals surface area contributed by atoms with Gasteiger partial charge in [-0.2, -0.15) is 0 Å². The number of aromatic hydroxyl groups is 2. The van der Waals surface area contributed by atoms with Crippen LogP contribution in [0.5, 0.6) is 11.5 Å². The van der Waals surface area contributed by atoms with Crippen molar-refractivity contribution in [2.24, 2.45) is 23.3 Å². The van der Waals surface area contributed by atoms with E-state index in [2.05, 4.69) is 21.3 Å². The number of hydrogen-bond acceptors (Lipinski definition) is 10. The molecule has 1 aliphatic rings. The average Bonchev–Trinajstić information content (AvgIpc) is 2.99. The van der Waals surface area contributed by atoms with Gasteiger partial charge in [0.2, 0.25) is 23.4 Å². The van der Waals surface area contributed by atoms with Crippen LogP contribution in [0.4, 0.5) is 11.4 Å². The Morgan fingerprint density at radius 2 is 1.02 bits per heavy atom. The van der Waals surface area contributed by atoms with Crippen LogP contribution in [0.3, 0.4) is 0 Å². The molecule has 228 valence electrons. The summed E-state index contributed by atoms with van der Waals surface area (Å²) in [5.74, 6) is -2.68. The SMILES string of the molecule is CC[C@@H](C)[C@@H](N)C(=O)NCCNc1ccc(NCCNC(=O)[C@H](N)[C@@H](C)CC)c2c1C(=O)c1c(O)ccc(O)c1C2=O. The van der Waals surface area contributed by atoms with E-state index in [0.29, 0.717) is 11.4 Å². The second kappa shape index (κ2) is 14.1. The van der Waals surface area contributed by atoms with Crippen LogP contribution >= 0.6 is 0 Å². The van der Waals surface area contributed by atoms with Gasteiger partial charge in [-0.15, -0.1) is 0 Å². The molecule has 4 atom stereocenters. The van der Waals surface area contributed by atoms with Crippen molar-refractivity contribution < 1.29 is 29.4 Å². The second-order valence-corrected chi connectivity index (χ2v) is 10.7. The lowest BCUT2D eigenvalue weighted by Crippen LogP contribution is -2.45. The number of rotatable bonds is 14. The van der Waals surface area contributed by atoms with Crippen molar-refractivity contribution in [2.45, 2.75) is 52.6 Å². The summed E-state index contributed by atoms with van der Waals surface area (Å²) in [6, 6.07) is 4.25. The lowest BCUT2D eigenvalue weighted by molar-refractivity contribution is -0.124. The van der Waals surface area contributed by atoms with E-state index in [4.69, 9.17) is 11.5 Å². The lowest BCUT2D eigenvalue weighted by atomic mass is 9.81. The maximum atomic E-state index is 13.7. The number of benzene rings is 2. The maximum absolute atomic E-state index is 13.7. The third kappa shape index (κ3) is 6.82. The molecule has 2 aromatic rings. The van der Waals surface area contributed by atoms with Crippen LogP contribution in [0.25, 0.3) is 0 Å². The Morgan fingerprint density at radius 3 is 1.36 bits per heavy atom. The first-order chi connectivity index (χ1) is 19.9. The van der Waals surface area contributed by atoms with Gasteiger partial charge in [-0.1, -0.05) is 40.5 Å². The quantitative estimate of drug-likeness (QED) is 0.102. The number of carbonyl (C=O) groups is 4. The van der Waals surface area contributed by atoms with Crippen molar-refractivity contribution in [2.75, 3.05) is 36.8 Å². The molecule has 12 nitrogen and oxygen atoms in total. The molecule has 42 heavy (non-hydrogen) atoms. The summed E-state index contributed by atoms with van der Waals surface area (Å²) in [7, 11) is 0. The molecule has 0 aliphatic heterocycles. The molecule has 0 saturated heterocycles. The van der Waals surface area contributed by atoms with Crippen LogP contribution in [0.2, 0.25) is 0 Å². The molecule has 0 aromatic heterocycles. The van der Waals surface area contributed by atoms with Gasteiger partial charge in [0.25, 0.3) is 0 Å². The van der Waals surface area contributed by atoms with E-state index in [1.54, 1.807) is 12.1 Å². The zero-order chi connectivity index (χ0) is 31.1. The fourth-order valence-electron chi connectivity index (χ4n) is 4.69. The Hall–Kier alpha value is -4.16. The number of phenolic OH excluding ortho intramolecular Hbond substituents is 2. The molecule has 10 N–H and O–H groups in total. The van der Waals surface area contributed by atoms with Gasteiger partial charge in [0, 0.05) is 37.6 Å². The molecule has 1 aliphatic carbocycles. The number of fused-ring (bicyclic) bond motifs is 2. The first-order valence-corrected chi connectivity index (χ1v) is 14.3. The number of hydrogen-bond donors (Lipinski definition) is 8. The molecule has 0 unspecified atom stereocenters. The molecule has 2 aromatic carbocycles. The molecule has 0 saturated carbocycles. The molecular weight excluding hydrogens is 540 g/mol. The molecule has 2 amide bonds. The van der Waals surface area contributed by atoms with Crippen molar-refractivity contribution in [3.05, 3.63) is 46.5 Å². The predicted octanol–water partition coefficient (Wildman–Crippen LogP) is 1.68.